The molecular formula is C74H130N4O18Si. The molecule has 2 aliphatic rings. The van der Waals surface area contributed by atoms with Crippen LogP contribution in [0.25, 0.3) is 0 Å². The summed E-state index contributed by atoms with van der Waals surface area (Å²) in [6.45, 7) is 54.1. The third kappa shape index (κ3) is 43.0. The molecule has 22 nitrogen and oxygen atoms in total. The monoisotopic (exact) mass is 1390 g/mol. The van der Waals surface area contributed by atoms with Crippen LogP contribution in [0.3, 0.4) is 0 Å². The molecule has 0 saturated carbocycles. The highest BCUT2D eigenvalue weighted by molar-refractivity contribution is 6.74. The van der Waals surface area contributed by atoms with Crippen molar-refractivity contribution >= 4 is 55.3 Å². The lowest BCUT2D eigenvalue weighted by atomic mass is 9.92. The first-order chi connectivity index (χ1) is 44.9. The second-order valence-corrected chi connectivity index (χ2v) is 32.7. The SMILES string of the molecule is CC(C)(C)[Si](C)(C)OCCN1C(=O)c2ccccc2C1=O.CC(C)=O.CC(C)OCCN1C(=O)c2ccccc2C1=O.CC(C)OCCNC(=O)C(C)C.CCCOC(C)C.CCCOC(C)C.CO[C@@H](C(=O)C[C@@H](C)C(=O)NCCOC(C)C)[C@H](O)[C@@H](O)[C@H](O)/C=C/C(C)(C)C. The van der Waals surface area contributed by atoms with Crippen LogP contribution in [-0.2, 0) is 52.0 Å². The molecule has 4 rings (SSSR count). The Morgan fingerprint density at radius 2 is 0.856 bits per heavy atom. The number of hydrogen-bond donors (Lipinski definition) is 5. The standard InChI is InChI=1S/C21H39NO7.C16H23NO3Si.C13H15NO3.C9H19NO2.2C6H14O.C3H6O/c1-13(2)29-11-10-22-20(27)14(3)12-16(24)19(28-7)18(26)17(25)15(23)8-9-21(4,5)6;1-16(2,3)21(4,5)20-11-10-17-14(18)12-8-6-7-9-13(12)15(17)19;1-9(2)17-8-7-14-12(15)10-5-3-4-6-11(10)13(14)16;1-7(2)9(11)10-5-6-12-8(3)4;2*1-4-5-7-6(2)3;1-3(2)4/h8-9,13-15,17-19,23,25-26H,10-12H2,1-7H3,(H,22,27);6-9H,10-11H2,1-5H3;3-6,9H,7-8H2,1-2H3;7-8H,5-6H2,1-4H3,(H,10,11);2*6H,4-5H2,1-3H3;1-2H3/b9-8+;;;;;;/t14-,15-,17+,18-,19+;;;;;;/m1....../s1. The lowest BCUT2D eigenvalue weighted by Gasteiger charge is -2.36. The number of methoxy groups -OCH3 is 1. The van der Waals surface area contributed by atoms with E-state index in [0.717, 1.165) is 26.1 Å². The van der Waals surface area contributed by atoms with Crippen molar-refractivity contribution in [2.75, 3.05) is 72.9 Å². The normalized spacial score (nSPS) is 14.3. The smallest absolute Gasteiger partial charge is 0.261 e. The van der Waals surface area contributed by atoms with E-state index in [9.17, 15) is 53.7 Å². The van der Waals surface area contributed by atoms with Crippen molar-refractivity contribution in [1.29, 1.82) is 0 Å². The van der Waals surface area contributed by atoms with Crippen LogP contribution in [0, 0.1) is 17.3 Å². The van der Waals surface area contributed by atoms with Crippen molar-refractivity contribution in [3.05, 3.63) is 82.9 Å². The topological polar surface area (TPSA) is 292 Å². The van der Waals surface area contributed by atoms with Gasteiger partial charge in [0.2, 0.25) is 11.8 Å². The number of rotatable bonds is 32. The number of imide groups is 2. The minimum Gasteiger partial charge on any atom is -0.415 e. The molecule has 0 aromatic heterocycles. The number of carbonyl (C=O) groups is 8. The number of Topliss-reactive ketones (excluding diaryl/α,β-unsaturated/α-hetero) is 2. The summed E-state index contributed by atoms with van der Waals surface area (Å²) in [6.07, 6.45) is 0.386. The second kappa shape index (κ2) is 50.8. The van der Waals surface area contributed by atoms with Crippen LogP contribution in [0.4, 0.5) is 0 Å². The number of amides is 6. The number of aliphatic hydroxyl groups excluding tert-OH is 3. The van der Waals surface area contributed by atoms with E-state index < -0.39 is 44.4 Å². The van der Waals surface area contributed by atoms with Crippen molar-refractivity contribution < 1.29 is 86.5 Å². The van der Waals surface area contributed by atoms with Gasteiger partial charge in [0.1, 0.15) is 30.2 Å². The average Bonchev–Trinajstić information content (AvgIpc) is 1.66. The first-order valence-electron chi connectivity index (χ1n) is 34.3. The van der Waals surface area contributed by atoms with Gasteiger partial charge in [-0.2, -0.15) is 0 Å². The maximum Gasteiger partial charge on any atom is 0.261 e. The summed E-state index contributed by atoms with van der Waals surface area (Å²) in [5.74, 6) is -2.06. The van der Waals surface area contributed by atoms with E-state index in [-0.39, 0.29) is 82.3 Å². The van der Waals surface area contributed by atoms with Gasteiger partial charge in [0.05, 0.1) is 92.3 Å². The van der Waals surface area contributed by atoms with Crippen LogP contribution in [0.1, 0.15) is 220 Å². The average molecular weight is 1390 g/mol. The van der Waals surface area contributed by atoms with Gasteiger partial charge in [-0.15, -0.1) is 0 Å². The molecule has 2 aliphatic heterocycles. The van der Waals surface area contributed by atoms with Crippen molar-refractivity contribution in [3.8, 4) is 0 Å². The minimum absolute atomic E-state index is 0.0593. The molecule has 558 valence electrons. The molecular weight excluding hydrogens is 1260 g/mol. The fourth-order valence-corrected chi connectivity index (χ4v) is 8.78. The Morgan fingerprint density at radius 1 is 0.526 bits per heavy atom. The van der Waals surface area contributed by atoms with Crippen molar-refractivity contribution in [3.63, 3.8) is 0 Å². The number of nitrogens with zero attached hydrogens (tertiary/aromatic N) is 2. The molecule has 0 unspecified atom stereocenters. The number of aliphatic hydroxyl groups is 3. The van der Waals surface area contributed by atoms with Gasteiger partial charge in [0.15, 0.2) is 14.1 Å². The number of benzene rings is 2. The van der Waals surface area contributed by atoms with Crippen LogP contribution in [0.15, 0.2) is 60.7 Å². The molecule has 0 aliphatic carbocycles. The van der Waals surface area contributed by atoms with Gasteiger partial charge >= 0.3 is 0 Å². The zero-order valence-electron chi connectivity index (χ0n) is 64.2. The second-order valence-electron chi connectivity index (χ2n) is 27.9. The number of ketones is 2. The molecule has 5 N–H and O–H groups in total. The molecule has 6 amide bonds. The van der Waals surface area contributed by atoms with Crippen LogP contribution < -0.4 is 10.6 Å². The molecule has 5 atom stereocenters. The minimum atomic E-state index is -1.85. The zero-order valence-corrected chi connectivity index (χ0v) is 65.2. The number of hydrogen-bond acceptors (Lipinski definition) is 18. The molecule has 97 heavy (non-hydrogen) atoms. The maximum atomic E-state index is 12.5. The number of allylic oxidation sites excluding steroid dienone is 1. The first kappa shape index (κ1) is 95.7. The maximum absolute atomic E-state index is 12.5. The third-order valence-corrected chi connectivity index (χ3v) is 18.5. The van der Waals surface area contributed by atoms with Crippen LogP contribution in [0.5, 0.6) is 0 Å². The van der Waals surface area contributed by atoms with Gasteiger partial charge in [0, 0.05) is 51.7 Å². The molecule has 2 aromatic carbocycles. The third-order valence-electron chi connectivity index (χ3n) is 14.0. The number of fused-ring (bicyclic) bond motifs is 2. The van der Waals surface area contributed by atoms with E-state index in [0.29, 0.717) is 87.1 Å². The van der Waals surface area contributed by atoms with Gasteiger partial charge < -0.3 is 63.6 Å². The van der Waals surface area contributed by atoms with E-state index in [1.54, 1.807) is 61.5 Å². The summed E-state index contributed by atoms with van der Waals surface area (Å²) in [6, 6.07) is 13.8. The fraction of sp³-hybridized carbons (Fsp3) is 0.703. The van der Waals surface area contributed by atoms with E-state index in [1.807, 2.05) is 76.2 Å². The highest BCUT2D eigenvalue weighted by Crippen LogP contribution is 2.36. The number of ether oxygens (including phenoxy) is 6. The Bertz CT molecular complexity index is 2530. The van der Waals surface area contributed by atoms with E-state index in [2.05, 4.69) is 86.0 Å². The van der Waals surface area contributed by atoms with Gasteiger partial charge in [-0.25, -0.2) is 0 Å². The van der Waals surface area contributed by atoms with E-state index in [1.165, 1.54) is 36.8 Å². The summed E-state index contributed by atoms with van der Waals surface area (Å²) in [4.78, 5) is 95.9. The fourth-order valence-electron chi connectivity index (χ4n) is 7.75. The zero-order chi connectivity index (χ0) is 75.6. The summed E-state index contributed by atoms with van der Waals surface area (Å²) < 4.78 is 37.4. The lowest BCUT2D eigenvalue weighted by Crippen LogP contribution is -2.48. The van der Waals surface area contributed by atoms with Gasteiger partial charge in [-0.05, 0) is 144 Å². The van der Waals surface area contributed by atoms with Crippen molar-refractivity contribution in [2.45, 2.75) is 252 Å². The highest BCUT2D eigenvalue weighted by Gasteiger charge is 2.40. The summed E-state index contributed by atoms with van der Waals surface area (Å²) in [5, 5.41) is 36.2. The van der Waals surface area contributed by atoms with Gasteiger partial charge in [-0.3, -0.25) is 43.4 Å². The molecule has 2 aromatic rings. The first-order valence-corrected chi connectivity index (χ1v) is 37.2. The molecule has 0 fully saturated rings. The quantitative estimate of drug-likeness (QED) is 0.0197. The highest BCUT2D eigenvalue weighted by atomic mass is 28.4. The molecule has 23 heteroatoms. The molecule has 2 heterocycles. The molecule has 0 spiro atoms. The number of nitrogens with one attached hydrogen (secondary N) is 2. The Kier molecular flexibility index (Phi) is 50.2. The van der Waals surface area contributed by atoms with Gasteiger partial charge in [0.25, 0.3) is 23.6 Å². The van der Waals surface area contributed by atoms with Gasteiger partial charge in [-0.1, -0.05) is 113 Å². The van der Waals surface area contributed by atoms with Crippen molar-refractivity contribution in [2.24, 2.45) is 17.3 Å². The Balaban J connectivity index is -0.00000115. The Morgan fingerprint density at radius 3 is 1.15 bits per heavy atom. The van der Waals surface area contributed by atoms with Crippen molar-refractivity contribution in [1.82, 2.24) is 20.4 Å². The summed E-state index contributed by atoms with van der Waals surface area (Å²) in [7, 11) is -0.624. The number of carbonyl (C=O) groups excluding carboxylic acids is 8. The summed E-state index contributed by atoms with van der Waals surface area (Å²) >= 11 is 0. The molecule has 0 bridgehead atoms. The largest absolute Gasteiger partial charge is 0.415 e. The molecule has 0 saturated heterocycles. The Labute approximate surface area is 584 Å². The molecule has 0 radical (unpaired) electrons. The lowest BCUT2D eigenvalue weighted by molar-refractivity contribution is -0.149. The summed E-state index contributed by atoms with van der Waals surface area (Å²) in [5.41, 5.74) is 1.75. The van der Waals surface area contributed by atoms with E-state index in [4.69, 9.17) is 32.8 Å². The predicted molar refractivity (Wildman–Crippen MR) is 386 cm³/mol. The Hall–Kier alpha value is -5.44. The van der Waals surface area contributed by atoms with Crippen LogP contribution in [-0.4, -0.2) is 208 Å². The van der Waals surface area contributed by atoms with Crippen LogP contribution in [0.2, 0.25) is 18.1 Å². The van der Waals surface area contributed by atoms with Crippen LogP contribution >= 0.6 is 0 Å². The van der Waals surface area contributed by atoms with E-state index >= 15 is 0 Å². The predicted octanol–water partition coefficient (Wildman–Crippen LogP) is 11.3.